The van der Waals surface area contributed by atoms with E-state index in [1.54, 1.807) is 0 Å². The van der Waals surface area contributed by atoms with Gasteiger partial charge in [-0.15, -0.1) is 0 Å². The molecular weight excluding hydrogens is 256 g/mol. The van der Waals surface area contributed by atoms with Gasteiger partial charge in [0.15, 0.2) is 0 Å². The van der Waals surface area contributed by atoms with Crippen LogP contribution >= 0.6 is 0 Å². The minimum atomic E-state index is -0.00447. The van der Waals surface area contributed by atoms with Crippen molar-refractivity contribution >= 4 is 5.91 Å². The zero-order valence-corrected chi connectivity index (χ0v) is 11.6. The van der Waals surface area contributed by atoms with Gasteiger partial charge in [-0.3, -0.25) is 9.48 Å². The molecule has 1 aliphatic carbocycles. The quantitative estimate of drug-likeness (QED) is 0.791. The van der Waals surface area contributed by atoms with Gasteiger partial charge in [-0.05, 0) is 19.3 Å². The van der Waals surface area contributed by atoms with Gasteiger partial charge in [-0.1, -0.05) is 0 Å². The fraction of sp³-hybridized carbons (Fsp3) is 0.714. The van der Waals surface area contributed by atoms with Crippen molar-refractivity contribution in [2.24, 2.45) is 0 Å². The van der Waals surface area contributed by atoms with Gasteiger partial charge in [-0.25, -0.2) is 0 Å². The van der Waals surface area contributed by atoms with Crippen molar-refractivity contribution in [3.63, 3.8) is 0 Å². The second-order valence-corrected chi connectivity index (χ2v) is 6.08. The average molecular weight is 276 g/mol. The third-order valence-corrected chi connectivity index (χ3v) is 4.93. The molecule has 1 aromatic heterocycles. The van der Waals surface area contributed by atoms with E-state index in [0.29, 0.717) is 6.54 Å². The molecule has 3 heterocycles. The van der Waals surface area contributed by atoms with Gasteiger partial charge >= 0.3 is 0 Å². The van der Waals surface area contributed by atoms with Gasteiger partial charge in [0, 0.05) is 43.7 Å². The van der Waals surface area contributed by atoms with Crippen LogP contribution in [0.4, 0.5) is 0 Å². The molecule has 6 nitrogen and oxygen atoms in total. The van der Waals surface area contributed by atoms with E-state index in [4.69, 9.17) is 0 Å². The third-order valence-electron chi connectivity index (χ3n) is 4.93. The Labute approximate surface area is 117 Å². The second kappa shape index (κ2) is 4.30. The van der Waals surface area contributed by atoms with E-state index < -0.39 is 0 Å². The number of carbonyl (C=O) groups is 1. The highest BCUT2D eigenvalue weighted by molar-refractivity contribution is 5.95. The Morgan fingerprint density at radius 2 is 2.20 bits per heavy atom. The van der Waals surface area contributed by atoms with Crippen LogP contribution in [0.25, 0.3) is 0 Å². The van der Waals surface area contributed by atoms with E-state index in [1.807, 2.05) is 9.58 Å². The first-order chi connectivity index (χ1) is 9.75. The Bertz CT molecular complexity index is 562. The van der Waals surface area contributed by atoms with Crippen molar-refractivity contribution in [3.8, 4) is 0 Å². The predicted molar refractivity (Wildman–Crippen MR) is 72.3 cm³/mol. The standard InChI is InChI=1S/C14H20N4O2/c19-8-7-17-13(20)12-10-9-15-5-1-11(10)16-18(12)6-4-14(17)2-3-14/h15,19H,1-9H2. The minimum Gasteiger partial charge on any atom is -0.395 e. The number of amides is 1. The highest BCUT2D eigenvalue weighted by Crippen LogP contribution is 2.47. The van der Waals surface area contributed by atoms with Crippen molar-refractivity contribution in [2.45, 2.75) is 44.3 Å². The molecule has 0 atom stereocenters. The third kappa shape index (κ3) is 1.64. The molecule has 2 N–H and O–H groups in total. The van der Waals surface area contributed by atoms with Crippen LogP contribution in [0.1, 0.15) is 41.0 Å². The molecule has 2 aliphatic heterocycles. The number of rotatable bonds is 2. The van der Waals surface area contributed by atoms with Gasteiger partial charge in [0.25, 0.3) is 5.91 Å². The Morgan fingerprint density at radius 1 is 1.35 bits per heavy atom. The zero-order chi connectivity index (χ0) is 13.7. The molecule has 0 aromatic carbocycles. The van der Waals surface area contributed by atoms with Crippen LogP contribution in [0.2, 0.25) is 0 Å². The summed E-state index contributed by atoms with van der Waals surface area (Å²) in [5.41, 5.74) is 2.89. The lowest BCUT2D eigenvalue weighted by atomic mass is 10.1. The fourth-order valence-electron chi connectivity index (χ4n) is 3.65. The monoisotopic (exact) mass is 276 g/mol. The van der Waals surface area contributed by atoms with Crippen molar-refractivity contribution in [2.75, 3.05) is 19.7 Å². The molecule has 4 rings (SSSR count). The van der Waals surface area contributed by atoms with Crippen molar-refractivity contribution in [3.05, 3.63) is 17.0 Å². The number of nitrogens with zero attached hydrogens (tertiary/aromatic N) is 3. The Hall–Kier alpha value is -1.40. The van der Waals surface area contributed by atoms with Crippen molar-refractivity contribution in [1.82, 2.24) is 20.0 Å². The fourth-order valence-corrected chi connectivity index (χ4v) is 3.65. The zero-order valence-electron chi connectivity index (χ0n) is 11.6. The molecule has 3 aliphatic rings. The van der Waals surface area contributed by atoms with E-state index in [0.717, 1.165) is 62.3 Å². The summed E-state index contributed by atoms with van der Waals surface area (Å²) >= 11 is 0. The van der Waals surface area contributed by atoms with Crippen LogP contribution in [0.5, 0.6) is 0 Å². The van der Waals surface area contributed by atoms with E-state index in [9.17, 15) is 9.90 Å². The molecule has 0 saturated heterocycles. The molecule has 6 heteroatoms. The van der Waals surface area contributed by atoms with Crippen LogP contribution in [0.3, 0.4) is 0 Å². The van der Waals surface area contributed by atoms with E-state index in [2.05, 4.69) is 10.4 Å². The molecule has 0 bridgehead atoms. The highest BCUT2D eigenvalue weighted by Gasteiger charge is 2.52. The summed E-state index contributed by atoms with van der Waals surface area (Å²) in [4.78, 5) is 14.8. The van der Waals surface area contributed by atoms with Gasteiger partial charge in [0.1, 0.15) is 5.69 Å². The normalized spacial score (nSPS) is 23.4. The molecule has 1 aromatic rings. The largest absolute Gasteiger partial charge is 0.395 e. The number of carbonyl (C=O) groups excluding carboxylic acids is 1. The molecule has 1 amide bonds. The molecule has 20 heavy (non-hydrogen) atoms. The molecule has 0 unspecified atom stereocenters. The lowest BCUT2D eigenvalue weighted by Gasteiger charge is -2.29. The van der Waals surface area contributed by atoms with Crippen LogP contribution in [-0.4, -0.2) is 50.9 Å². The molecule has 1 spiro atoms. The van der Waals surface area contributed by atoms with E-state index in [1.165, 1.54) is 0 Å². The predicted octanol–water partition coefficient (Wildman–Crippen LogP) is -0.100. The van der Waals surface area contributed by atoms with Crippen molar-refractivity contribution in [1.29, 1.82) is 0 Å². The highest BCUT2D eigenvalue weighted by atomic mass is 16.3. The first-order valence-electron chi connectivity index (χ1n) is 7.47. The first-order valence-corrected chi connectivity index (χ1v) is 7.47. The van der Waals surface area contributed by atoms with Crippen LogP contribution < -0.4 is 5.32 Å². The Kier molecular flexibility index (Phi) is 2.65. The Morgan fingerprint density at radius 3 is 2.95 bits per heavy atom. The van der Waals surface area contributed by atoms with Crippen molar-refractivity contribution < 1.29 is 9.90 Å². The smallest absolute Gasteiger partial charge is 0.273 e. The summed E-state index contributed by atoms with van der Waals surface area (Å²) in [6.07, 6.45) is 3.97. The first kappa shape index (κ1) is 12.3. The molecule has 1 saturated carbocycles. The second-order valence-electron chi connectivity index (χ2n) is 6.08. The van der Waals surface area contributed by atoms with Gasteiger partial charge in [0.05, 0.1) is 12.3 Å². The Balaban J connectivity index is 1.78. The number of β-amino-alcohol motifs (C(OH)–C–C–N with tert-alkyl or cyclic N) is 1. The number of hydrogen-bond acceptors (Lipinski definition) is 4. The number of hydrogen-bond donors (Lipinski definition) is 2. The van der Waals surface area contributed by atoms with Crippen LogP contribution in [0.15, 0.2) is 0 Å². The summed E-state index contributed by atoms with van der Waals surface area (Å²) in [6.45, 7) is 2.95. The summed E-state index contributed by atoms with van der Waals surface area (Å²) in [5, 5.41) is 17.3. The number of aromatic nitrogens is 2. The van der Waals surface area contributed by atoms with Crippen LogP contribution in [-0.2, 0) is 19.5 Å². The molecule has 108 valence electrons. The van der Waals surface area contributed by atoms with E-state index >= 15 is 0 Å². The van der Waals surface area contributed by atoms with Gasteiger partial charge in [-0.2, -0.15) is 5.10 Å². The lowest BCUT2D eigenvalue weighted by molar-refractivity contribution is 0.0600. The molecule has 0 radical (unpaired) electrons. The topological polar surface area (TPSA) is 70.4 Å². The number of nitrogens with one attached hydrogen (secondary N) is 1. The summed E-state index contributed by atoms with van der Waals surface area (Å²) in [6, 6.07) is 0. The van der Waals surface area contributed by atoms with Gasteiger partial charge in [0.2, 0.25) is 0 Å². The maximum atomic E-state index is 12.9. The summed E-state index contributed by atoms with van der Waals surface area (Å²) in [7, 11) is 0. The maximum Gasteiger partial charge on any atom is 0.273 e. The molecular formula is C14H20N4O2. The minimum absolute atomic E-state index is 0.00447. The number of aliphatic hydroxyl groups excluding tert-OH is 1. The number of aryl methyl sites for hydroxylation is 1. The van der Waals surface area contributed by atoms with Crippen LogP contribution in [0, 0.1) is 0 Å². The number of fused-ring (bicyclic) bond motifs is 3. The SMILES string of the molecule is O=C1c2c3c(nn2CCC2(CC2)N1CCO)CCNC3. The summed E-state index contributed by atoms with van der Waals surface area (Å²) < 4.78 is 1.91. The molecule has 1 fully saturated rings. The summed E-state index contributed by atoms with van der Waals surface area (Å²) in [5.74, 6) is 0.0616. The maximum absolute atomic E-state index is 12.9. The average Bonchev–Trinajstić information content (AvgIpc) is 3.16. The lowest BCUT2D eigenvalue weighted by Crippen LogP contribution is -2.43. The van der Waals surface area contributed by atoms with E-state index in [-0.39, 0.29) is 18.1 Å². The number of aliphatic hydroxyl groups is 1. The van der Waals surface area contributed by atoms with Gasteiger partial charge < -0.3 is 15.3 Å².